The molecule has 2 N–H and O–H groups in total. The van der Waals surface area contributed by atoms with Gasteiger partial charge >= 0.3 is 0 Å². The molecule has 2 heterocycles. The van der Waals surface area contributed by atoms with Gasteiger partial charge in [-0.05, 0) is 20.8 Å². The quantitative estimate of drug-likeness (QED) is 0.854. The van der Waals surface area contributed by atoms with Crippen molar-refractivity contribution in [3.8, 4) is 11.3 Å². The Hall–Kier alpha value is -1.78. The Bertz CT molecular complexity index is 448. The first kappa shape index (κ1) is 10.7. The molecule has 0 atom stereocenters. The van der Waals surface area contributed by atoms with Crippen LogP contribution in [0.2, 0.25) is 0 Å². The first-order valence-electron chi connectivity index (χ1n) is 5.53. The SMILES string of the molecule is CCn1cc(-c2nn(CC)cc2N)c(C)n1. The fraction of sp³-hybridized carbons (Fsp3) is 0.455. The molecule has 0 unspecified atom stereocenters. The fourth-order valence-corrected chi connectivity index (χ4v) is 1.72. The third kappa shape index (κ3) is 1.68. The maximum atomic E-state index is 5.95. The fourth-order valence-electron chi connectivity index (χ4n) is 1.72. The van der Waals surface area contributed by atoms with Gasteiger partial charge in [-0.2, -0.15) is 10.2 Å². The Morgan fingerprint density at radius 1 is 1.12 bits per heavy atom. The Kier molecular flexibility index (Phi) is 2.68. The van der Waals surface area contributed by atoms with Gasteiger partial charge in [0.1, 0.15) is 5.69 Å². The second-order valence-corrected chi connectivity index (χ2v) is 3.77. The summed E-state index contributed by atoms with van der Waals surface area (Å²) in [6.07, 6.45) is 3.85. The number of aromatic nitrogens is 4. The van der Waals surface area contributed by atoms with Crippen molar-refractivity contribution in [2.75, 3.05) is 5.73 Å². The summed E-state index contributed by atoms with van der Waals surface area (Å²) in [7, 11) is 0. The van der Waals surface area contributed by atoms with Crippen LogP contribution in [-0.2, 0) is 13.1 Å². The normalized spacial score (nSPS) is 10.9. The molecule has 0 saturated heterocycles. The van der Waals surface area contributed by atoms with E-state index in [2.05, 4.69) is 17.1 Å². The van der Waals surface area contributed by atoms with E-state index in [0.717, 1.165) is 30.0 Å². The molecule has 0 aliphatic carbocycles. The van der Waals surface area contributed by atoms with Crippen molar-refractivity contribution in [3.05, 3.63) is 18.1 Å². The Labute approximate surface area is 94.9 Å². The summed E-state index contributed by atoms with van der Waals surface area (Å²) in [5.41, 5.74) is 9.48. The Balaban J connectivity index is 2.48. The molecule has 0 aliphatic rings. The molecule has 2 aromatic heterocycles. The predicted molar refractivity (Wildman–Crippen MR) is 63.9 cm³/mol. The lowest BCUT2D eigenvalue weighted by atomic mass is 10.2. The van der Waals surface area contributed by atoms with E-state index in [1.54, 1.807) is 0 Å². The van der Waals surface area contributed by atoms with Crippen LogP contribution in [0.4, 0.5) is 5.69 Å². The molecule has 2 rings (SSSR count). The lowest BCUT2D eigenvalue weighted by Gasteiger charge is -1.94. The summed E-state index contributed by atoms with van der Waals surface area (Å²) in [5, 5.41) is 8.84. The molecule has 0 spiro atoms. The van der Waals surface area contributed by atoms with Crippen molar-refractivity contribution in [1.29, 1.82) is 0 Å². The summed E-state index contributed by atoms with van der Waals surface area (Å²) in [5.74, 6) is 0. The molecular formula is C11H17N5. The minimum atomic E-state index is 0.709. The smallest absolute Gasteiger partial charge is 0.119 e. The highest BCUT2D eigenvalue weighted by atomic mass is 15.3. The van der Waals surface area contributed by atoms with Crippen LogP contribution >= 0.6 is 0 Å². The molecule has 0 fully saturated rings. The highest BCUT2D eigenvalue weighted by molar-refractivity contribution is 5.73. The minimum absolute atomic E-state index is 0.709. The van der Waals surface area contributed by atoms with E-state index in [4.69, 9.17) is 5.73 Å². The number of rotatable bonds is 3. The number of hydrogen-bond donors (Lipinski definition) is 1. The first-order chi connectivity index (χ1) is 7.65. The third-order valence-corrected chi connectivity index (χ3v) is 2.64. The second kappa shape index (κ2) is 4.00. The topological polar surface area (TPSA) is 61.7 Å². The number of nitrogens with two attached hydrogens (primary N) is 1. The number of nitrogens with zero attached hydrogens (tertiary/aromatic N) is 4. The van der Waals surface area contributed by atoms with Crippen LogP contribution in [-0.4, -0.2) is 19.6 Å². The lowest BCUT2D eigenvalue weighted by molar-refractivity contribution is 0.653. The summed E-state index contributed by atoms with van der Waals surface area (Å²) < 4.78 is 3.74. The monoisotopic (exact) mass is 219 g/mol. The van der Waals surface area contributed by atoms with Crippen molar-refractivity contribution in [3.63, 3.8) is 0 Å². The number of hydrogen-bond acceptors (Lipinski definition) is 3. The van der Waals surface area contributed by atoms with Crippen LogP contribution in [0, 0.1) is 6.92 Å². The van der Waals surface area contributed by atoms with Crippen molar-refractivity contribution in [1.82, 2.24) is 19.6 Å². The highest BCUT2D eigenvalue weighted by Crippen LogP contribution is 2.26. The lowest BCUT2D eigenvalue weighted by Crippen LogP contribution is -1.94. The van der Waals surface area contributed by atoms with Gasteiger partial charge in [0.05, 0.1) is 11.4 Å². The van der Waals surface area contributed by atoms with Crippen molar-refractivity contribution in [2.45, 2.75) is 33.9 Å². The zero-order chi connectivity index (χ0) is 11.7. The maximum Gasteiger partial charge on any atom is 0.119 e. The van der Waals surface area contributed by atoms with E-state index in [0.29, 0.717) is 5.69 Å². The van der Waals surface area contributed by atoms with E-state index in [-0.39, 0.29) is 0 Å². The van der Waals surface area contributed by atoms with Gasteiger partial charge in [-0.15, -0.1) is 0 Å². The first-order valence-corrected chi connectivity index (χ1v) is 5.53. The number of nitrogen functional groups attached to an aromatic ring is 1. The molecule has 2 aromatic rings. The van der Waals surface area contributed by atoms with Gasteiger partial charge in [-0.25, -0.2) is 0 Å². The third-order valence-electron chi connectivity index (χ3n) is 2.64. The average molecular weight is 219 g/mol. The largest absolute Gasteiger partial charge is 0.396 e. The summed E-state index contributed by atoms with van der Waals surface area (Å²) in [6, 6.07) is 0. The minimum Gasteiger partial charge on any atom is -0.396 e. The predicted octanol–water partition coefficient (Wildman–Crippen LogP) is 1.68. The van der Waals surface area contributed by atoms with E-state index in [1.165, 1.54) is 0 Å². The van der Waals surface area contributed by atoms with Gasteiger partial charge in [0.15, 0.2) is 0 Å². The molecule has 0 aliphatic heterocycles. The zero-order valence-corrected chi connectivity index (χ0v) is 9.94. The van der Waals surface area contributed by atoms with Crippen LogP contribution in [0.1, 0.15) is 19.5 Å². The standard InChI is InChI=1S/C11H17N5/c1-4-15-6-9(8(3)13-15)11-10(12)7-16(5-2)14-11/h6-7H,4-5,12H2,1-3H3. The van der Waals surface area contributed by atoms with Crippen molar-refractivity contribution in [2.24, 2.45) is 0 Å². The zero-order valence-electron chi connectivity index (χ0n) is 9.94. The van der Waals surface area contributed by atoms with Crippen LogP contribution in [0.25, 0.3) is 11.3 Å². The number of aryl methyl sites for hydroxylation is 3. The Morgan fingerprint density at radius 2 is 1.75 bits per heavy atom. The molecule has 16 heavy (non-hydrogen) atoms. The van der Waals surface area contributed by atoms with E-state index in [1.807, 2.05) is 35.6 Å². The van der Waals surface area contributed by atoms with E-state index >= 15 is 0 Å². The summed E-state index contributed by atoms with van der Waals surface area (Å²) in [4.78, 5) is 0. The Morgan fingerprint density at radius 3 is 2.25 bits per heavy atom. The van der Waals surface area contributed by atoms with Crippen LogP contribution < -0.4 is 5.73 Å². The van der Waals surface area contributed by atoms with Gasteiger partial charge in [-0.3, -0.25) is 9.36 Å². The highest BCUT2D eigenvalue weighted by Gasteiger charge is 2.13. The summed E-state index contributed by atoms with van der Waals surface area (Å²) in [6.45, 7) is 7.76. The van der Waals surface area contributed by atoms with E-state index < -0.39 is 0 Å². The van der Waals surface area contributed by atoms with Gasteiger partial charge in [0.2, 0.25) is 0 Å². The molecule has 0 saturated carbocycles. The van der Waals surface area contributed by atoms with Crippen LogP contribution in [0.15, 0.2) is 12.4 Å². The summed E-state index contributed by atoms with van der Waals surface area (Å²) >= 11 is 0. The number of anilines is 1. The molecule has 86 valence electrons. The molecule has 0 bridgehead atoms. The molecular weight excluding hydrogens is 202 g/mol. The van der Waals surface area contributed by atoms with Crippen LogP contribution in [0.5, 0.6) is 0 Å². The maximum absolute atomic E-state index is 5.95. The van der Waals surface area contributed by atoms with Gasteiger partial charge in [0, 0.05) is 31.0 Å². The molecule has 0 amide bonds. The van der Waals surface area contributed by atoms with Crippen molar-refractivity contribution < 1.29 is 0 Å². The van der Waals surface area contributed by atoms with Gasteiger partial charge in [-0.1, -0.05) is 0 Å². The molecule has 0 radical (unpaired) electrons. The van der Waals surface area contributed by atoms with Crippen molar-refractivity contribution >= 4 is 5.69 Å². The van der Waals surface area contributed by atoms with E-state index in [9.17, 15) is 0 Å². The molecule has 0 aromatic carbocycles. The second-order valence-electron chi connectivity index (χ2n) is 3.77. The molecule has 5 heteroatoms. The van der Waals surface area contributed by atoms with Gasteiger partial charge < -0.3 is 5.73 Å². The molecule has 5 nitrogen and oxygen atoms in total. The average Bonchev–Trinajstić information content (AvgIpc) is 2.81. The van der Waals surface area contributed by atoms with Crippen LogP contribution in [0.3, 0.4) is 0 Å². The van der Waals surface area contributed by atoms with Gasteiger partial charge in [0.25, 0.3) is 0 Å².